The molecule has 5 rings (SSSR count). The van der Waals surface area contributed by atoms with Gasteiger partial charge in [0.15, 0.2) is 0 Å². The molecule has 0 aromatic heterocycles. The highest BCUT2D eigenvalue weighted by Gasteiger charge is 2.65. The van der Waals surface area contributed by atoms with Crippen LogP contribution in [0.5, 0.6) is 0 Å². The molecule has 0 radical (unpaired) electrons. The van der Waals surface area contributed by atoms with Crippen LogP contribution in [0, 0.1) is 40.4 Å². The number of hydrogen-bond acceptors (Lipinski definition) is 4. The summed E-state index contributed by atoms with van der Waals surface area (Å²) in [5.41, 5.74) is 0.401. The van der Waals surface area contributed by atoms with E-state index in [1.807, 2.05) is 18.2 Å². The number of benzene rings is 1. The molecule has 0 amide bonds. The smallest absolute Gasteiger partial charge is 0.338 e. The van der Waals surface area contributed by atoms with Crippen molar-refractivity contribution < 1.29 is 19.1 Å². The van der Waals surface area contributed by atoms with Crippen LogP contribution in [0.3, 0.4) is 0 Å². The minimum Gasteiger partial charge on any atom is -0.458 e. The van der Waals surface area contributed by atoms with E-state index < -0.39 is 0 Å². The first-order valence-electron chi connectivity index (χ1n) is 12.5. The first-order valence-corrected chi connectivity index (χ1v) is 12.5. The van der Waals surface area contributed by atoms with E-state index >= 15 is 0 Å². The summed E-state index contributed by atoms with van der Waals surface area (Å²) in [6, 6.07) is 9.22. The molecular formula is C28H36O4. The van der Waals surface area contributed by atoms with Crippen molar-refractivity contribution in [1.29, 1.82) is 0 Å². The van der Waals surface area contributed by atoms with Gasteiger partial charge in [0.2, 0.25) is 0 Å². The van der Waals surface area contributed by atoms with Gasteiger partial charge in [-0.15, -0.1) is 0 Å². The summed E-state index contributed by atoms with van der Waals surface area (Å²) >= 11 is 0. The Hall–Kier alpha value is -1.97. The quantitative estimate of drug-likeness (QED) is 0.576. The second-order valence-corrected chi connectivity index (χ2v) is 11.5. The Morgan fingerprint density at radius 1 is 1.00 bits per heavy atom. The Labute approximate surface area is 191 Å². The van der Waals surface area contributed by atoms with E-state index in [0.29, 0.717) is 47.9 Å². The van der Waals surface area contributed by atoms with E-state index in [2.05, 4.69) is 13.8 Å². The topological polar surface area (TPSA) is 60.4 Å². The van der Waals surface area contributed by atoms with Crippen LogP contribution in [-0.2, 0) is 14.3 Å². The van der Waals surface area contributed by atoms with Crippen molar-refractivity contribution in [2.24, 2.45) is 40.4 Å². The fourth-order valence-electron chi connectivity index (χ4n) is 8.59. The van der Waals surface area contributed by atoms with Crippen molar-refractivity contribution in [3.63, 3.8) is 0 Å². The Morgan fingerprint density at radius 3 is 2.47 bits per heavy atom. The van der Waals surface area contributed by atoms with E-state index in [1.54, 1.807) is 19.1 Å². The summed E-state index contributed by atoms with van der Waals surface area (Å²) < 4.78 is 6.31. The number of carbonyl (C=O) groups excluding carboxylic acids is 3. The fraction of sp³-hybridized carbons (Fsp3) is 0.679. The molecule has 0 bridgehead atoms. The van der Waals surface area contributed by atoms with Crippen molar-refractivity contribution in [2.75, 3.05) is 0 Å². The van der Waals surface area contributed by atoms with Gasteiger partial charge in [0.05, 0.1) is 5.56 Å². The maximum Gasteiger partial charge on any atom is 0.338 e. The zero-order valence-electron chi connectivity index (χ0n) is 19.6. The lowest BCUT2D eigenvalue weighted by atomic mass is 9.44. The highest BCUT2D eigenvalue weighted by molar-refractivity contribution is 5.89. The average Bonchev–Trinajstić information content (AvgIpc) is 3.14. The number of hydrogen-bond donors (Lipinski definition) is 0. The van der Waals surface area contributed by atoms with Crippen molar-refractivity contribution in [3.8, 4) is 0 Å². The zero-order chi connectivity index (χ0) is 22.7. The Bertz CT molecular complexity index is 923. The van der Waals surface area contributed by atoms with Crippen LogP contribution in [0.1, 0.15) is 82.5 Å². The molecule has 1 aromatic carbocycles. The molecule has 0 unspecified atom stereocenters. The summed E-state index contributed by atoms with van der Waals surface area (Å²) in [6.07, 6.45) is 7.12. The third-order valence-corrected chi connectivity index (χ3v) is 10.3. The summed E-state index contributed by atoms with van der Waals surface area (Å²) in [4.78, 5) is 38.1. The Morgan fingerprint density at radius 2 is 1.75 bits per heavy atom. The van der Waals surface area contributed by atoms with Gasteiger partial charge in [-0.3, -0.25) is 9.59 Å². The molecule has 4 nitrogen and oxygen atoms in total. The van der Waals surface area contributed by atoms with Crippen LogP contribution in [-0.4, -0.2) is 23.6 Å². The van der Waals surface area contributed by atoms with Gasteiger partial charge >= 0.3 is 5.97 Å². The first kappa shape index (κ1) is 21.9. The summed E-state index contributed by atoms with van der Waals surface area (Å²) in [6.45, 7) is 6.34. The summed E-state index contributed by atoms with van der Waals surface area (Å²) in [7, 11) is 0. The van der Waals surface area contributed by atoms with Crippen LogP contribution in [0.2, 0.25) is 0 Å². The lowest BCUT2D eigenvalue weighted by molar-refractivity contribution is -0.171. The molecule has 172 valence electrons. The van der Waals surface area contributed by atoms with Crippen LogP contribution in [0.25, 0.3) is 0 Å². The Kier molecular flexibility index (Phi) is 5.34. The van der Waals surface area contributed by atoms with Gasteiger partial charge in [0.1, 0.15) is 17.7 Å². The summed E-state index contributed by atoms with van der Waals surface area (Å²) in [5, 5.41) is 0. The predicted octanol–water partition coefficient (Wildman–Crippen LogP) is 5.64. The van der Waals surface area contributed by atoms with Gasteiger partial charge in [0, 0.05) is 24.2 Å². The molecule has 0 aliphatic heterocycles. The average molecular weight is 437 g/mol. The minimum absolute atomic E-state index is 0.0412. The SMILES string of the molecule is CC(=O)[C@@H]1CC[C@@H]2[C@H]3CC[C@H]4CC(=O)CC[C@]4(C)[C@@H]3C[C@@H](OC(=O)c3ccccc3)[C@@]21C. The third kappa shape index (κ3) is 3.20. The number of ketones is 2. The molecule has 4 saturated carbocycles. The van der Waals surface area contributed by atoms with Gasteiger partial charge in [-0.1, -0.05) is 32.0 Å². The highest BCUT2D eigenvalue weighted by atomic mass is 16.5. The molecule has 0 spiro atoms. The van der Waals surface area contributed by atoms with Crippen molar-refractivity contribution in [2.45, 2.75) is 78.2 Å². The number of Topliss-reactive ketones (excluding diaryl/α,β-unsaturated/α-hetero) is 2. The minimum atomic E-state index is -0.300. The monoisotopic (exact) mass is 436 g/mol. The molecule has 4 aliphatic carbocycles. The molecule has 0 heterocycles. The van der Waals surface area contributed by atoms with Crippen LogP contribution in [0.4, 0.5) is 0 Å². The second kappa shape index (κ2) is 7.81. The molecule has 4 heteroatoms. The van der Waals surface area contributed by atoms with Gasteiger partial charge < -0.3 is 4.74 Å². The van der Waals surface area contributed by atoms with Crippen LogP contribution in [0.15, 0.2) is 30.3 Å². The number of rotatable bonds is 3. The van der Waals surface area contributed by atoms with Crippen LogP contribution < -0.4 is 0 Å². The molecule has 32 heavy (non-hydrogen) atoms. The summed E-state index contributed by atoms with van der Waals surface area (Å²) in [5.74, 6) is 2.19. The largest absolute Gasteiger partial charge is 0.458 e. The maximum atomic E-state index is 13.1. The first-order chi connectivity index (χ1) is 15.2. The van der Waals surface area contributed by atoms with Crippen LogP contribution >= 0.6 is 0 Å². The third-order valence-electron chi connectivity index (χ3n) is 10.3. The van der Waals surface area contributed by atoms with E-state index in [0.717, 1.165) is 38.5 Å². The van der Waals surface area contributed by atoms with Crippen molar-refractivity contribution >= 4 is 17.5 Å². The molecule has 4 aliphatic rings. The van der Waals surface area contributed by atoms with Gasteiger partial charge in [-0.05, 0) is 86.7 Å². The predicted molar refractivity (Wildman–Crippen MR) is 122 cm³/mol. The van der Waals surface area contributed by atoms with E-state index in [9.17, 15) is 14.4 Å². The number of carbonyl (C=O) groups is 3. The van der Waals surface area contributed by atoms with Gasteiger partial charge in [0.25, 0.3) is 0 Å². The van der Waals surface area contributed by atoms with Crippen molar-refractivity contribution in [3.05, 3.63) is 35.9 Å². The molecule has 4 fully saturated rings. The highest BCUT2D eigenvalue weighted by Crippen LogP contribution is 2.67. The molecular weight excluding hydrogens is 400 g/mol. The number of esters is 1. The molecule has 8 atom stereocenters. The second-order valence-electron chi connectivity index (χ2n) is 11.5. The normalized spacial score (nSPS) is 43.0. The number of fused-ring (bicyclic) bond motifs is 5. The van der Waals surface area contributed by atoms with Crippen molar-refractivity contribution in [1.82, 2.24) is 0 Å². The fourth-order valence-corrected chi connectivity index (χ4v) is 8.59. The lowest BCUT2D eigenvalue weighted by Crippen LogP contribution is -2.59. The lowest BCUT2D eigenvalue weighted by Gasteiger charge is -2.61. The molecule has 0 N–H and O–H groups in total. The zero-order valence-corrected chi connectivity index (χ0v) is 19.6. The van der Waals surface area contributed by atoms with E-state index in [1.165, 1.54) is 0 Å². The van der Waals surface area contributed by atoms with Gasteiger partial charge in [-0.25, -0.2) is 4.79 Å². The standard InChI is InChI=1S/C28H36O4/c1-17(29)22-11-12-23-21-10-9-19-15-20(30)13-14-27(19,2)24(21)16-25(28(22,23)3)32-26(31)18-7-5-4-6-8-18/h4-8,19,21-25H,9-16H2,1-3H3/t19-,21+,22-,23+,24+,25+,27-,28+/m0/s1. The van der Waals surface area contributed by atoms with Gasteiger partial charge in [-0.2, -0.15) is 0 Å². The molecule has 1 aromatic rings. The van der Waals surface area contributed by atoms with E-state index in [4.69, 9.17) is 4.74 Å². The van der Waals surface area contributed by atoms with E-state index in [-0.39, 0.29) is 34.6 Å². The number of ether oxygens (including phenoxy) is 1. The maximum absolute atomic E-state index is 13.1. The Balaban J connectivity index is 1.51. The molecule has 0 saturated heterocycles.